The summed E-state index contributed by atoms with van der Waals surface area (Å²) in [6.45, 7) is 0. The Morgan fingerprint density at radius 2 is 0.965 bits per heavy atom. The Morgan fingerprint density at radius 3 is 1.74 bits per heavy atom. The Balaban J connectivity index is 1.06. The highest BCUT2D eigenvalue weighted by Crippen LogP contribution is 2.46. The molecule has 0 fully saturated rings. The molecule has 0 atom stereocenters. The molecule has 0 amide bonds. The van der Waals surface area contributed by atoms with Crippen molar-refractivity contribution >= 4 is 75.4 Å². The van der Waals surface area contributed by atoms with E-state index in [0.717, 1.165) is 93.6 Å². The second-order valence-electron chi connectivity index (χ2n) is 14.3. The van der Waals surface area contributed by atoms with Crippen LogP contribution in [0.4, 0.5) is 0 Å². The van der Waals surface area contributed by atoms with Crippen LogP contribution in [0.2, 0.25) is 0 Å². The summed E-state index contributed by atoms with van der Waals surface area (Å²) in [5.74, 6) is 1.94. The molecular formula is C51H29N3O2S. The van der Waals surface area contributed by atoms with Gasteiger partial charge in [-0.15, -0.1) is 11.3 Å². The fourth-order valence-electron chi connectivity index (χ4n) is 8.32. The van der Waals surface area contributed by atoms with Gasteiger partial charge in [-0.3, -0.25) is 0 Å². The average molecular weight is 748 g/mol. The molecule has 0 radical (unpaired) electrons. The summed E-state index contributed by atoms with van der Waals surface area (Å²) in [5.41, 5.74) is 10.6. The Labute approximate surface area is 330 Å². The maximum Gasteiger partial charge on any atom is 0.164 e. The number of aromatic nitrogens is 3. The van der Waals surface area contributed by atoms with Crippen LogP contribution >= 0.6 is 11.3 Å². The van der Waals surface area contributed by atoms with Crippen molar-refractivity contribution in [1.29, 1.82) is 0 Å². The molecule has 5 nitrogen and oxygen atoms in total. The van der Waals surface area contributed by atoms with Gasteiger partial charge in [-0.1, -0.05) is 140 Å². The first kappa shape index (κ1) is 31.9. The van der Waals surface area contributed by atoms with E-state index >= 15 is 0 Å². The van der Waals surface area contributed by atoms with Crippen molar-refractivity contribution in [3.63, 3.8) is 0 Å². The summed E-state index contributed by atoms with van der Waals surface area (Å²) in [4.78, 5) is 15.1. The quantitative estimate of drug-likeness (QED) is 0.175. The third-order valence-electron chi connectivity index (χ3n) is 10.9. The summed E-state index contributed by atoms with van der Waals surface area (Å²) in [6.07, 6.45) is 0. The molecule has 6 heteroatoms. The zero-order valence-corrected chi connectivity index (χ0v) is 31.1. The van der Waals surface area contributed by atoms with E-state index in [1.165, 1.54) is 9.40 Å². The van der Waals surface area contributed by atoms with Gasteiger partial charge in [0.15, 0.2) is 17.5 Å². The van der Waals surface area contributed by atoms with Crippen LogP contribution in [0.15, 0.2) is 185 Å². The largest absolute Gasteiger partial charge is 0.456 e. The first-order valence-corrected chi connectivity index (χ1v) is 19.7. The van der Waals surface area contributed by atoms with Crippen molar-refractivity contribution in [2.75, 3.05) is 0 Å². The van der Waals surface area contributed by atoms with Crippen LogP contribution in [-0.4, -0.2) is 15.0 Å². The number of furan rings is 2. The van der Waals surface area contributed by atoms with Gasteiger partial charge >= 0.3 is 0 Å². The summed E-state index contributed by atoms with van der Waals surface area (Å²) in [7, 11) is 0. The summed E-state index contributed by atoms with van der Waals surface area (Å²) >= 11 is 1.79. The maximum absolute atomic E-state index is 6.58. The van der Waals surface area contributed by atoms with E-state index in [-0.39, 0.29) is 0 Å². The molecule has 4 aromatic heterocycles. The standard InChI is InChI=1S/C51H29N3O2S/c1-3-13-30(14-4-1)49-52-50(31-15-5-2-6-16-31)54-51(53-49)39-21-12-24-44-47(39)38-26-25-32(29-45(38)57-44)40-27-33(28-43-46(40)37-18-8-10-23-42(37)55-43)34-19-11-20-36-35-17-7-9-22-41(35)56-48(34)36/h1-29H. The maximum atomic E-state index is 6.58. The fourth-order valence-corrected chi connectivity index (χ4v) is 9.49. The Kier molecular flexibility index (Phi) is 7.03. The molecule has 0 spiro atoms. The molecule has 4 heterocycles. The molecular weight excluding hydrogens is 719 g/mol. The zero-order valence-electron chi connectivity index (χ0n) is 30.3. The molecule has 0 bridgehead atoms. The second-order valence-corrected chi connectivity index (χ2v) is 15.4. The second kappa shape index (κ2) is 12.6. The van der Waals surface area contributed by atoms with Gasteiger partial charge in [0.25, 0.3) is 0 Å². The first-order valence-electron chi connectivity index (χ1n) is 18.9. The summed E-state index contributed by atoms with van der Waals surface area (Å²) in [5, 5.41) is 6.69. The van der Waals surface area contributed by atoms with E-state index in [1.807, 2.05) is 84.9 Å². The van der Waals surface area contributed by atoms with Gasteiger partial charge in [-0.05, 0) is 53.1 Å². The number of para-hydroxylation sites is 3. The molecule has 266 valence electrons. The summed E-state index contributed by atoms with van der Waals surface area (Å²) in [6, 6.07) is 60.9. The van der Waals surface area contributed by atoms with Gasteiger partial charge in [0.2, 0.25) is 0 Å². The normalized spacial score (nSPS) is 11.9. The molecule has 0 N–H and O–H groups in total. The van der Waals surface area contributed by atoms with Gasteiger partial charge in [0, 0.05) is 64.0 Å². The van der Waals surface area contributed by atoms with E-state index in [4.69, 9.17) is 23.8 Å². The third-order valence-corrected chi connectivity index (χ3v) is 12.1. The van der Waals surface area contributed by atoms with E-state index in [9.17, 15) is 0 Å². The average Bonchev–Trinajstić information content (AvgIpc) is 3.97. The molecule has 0 saturated heterocycles. The highest BCUT2D eigenvalue weighted by Gasteiger charge is 2.21. The van der Waals surface area contributed by atoms with Crippen molar-refractivity contribution in [3.8, 4) is 56.4 Å². The predicted octanol–water partition coefficient (Wildman–Crippen LogP) is 14.4. The first-order chi connectivity index (χ1) is 28.2. The SMILES string of the molecule is c1ccc(-c2nc(-c3ccccc3)nc(-c3cccc4sc5cc(-c6cc(-c7cccc8c7oc7ccccc78)cc7oc8ccccc8c67)ccc5c34)n2)cc1. The molecule has 12 aromatic rings. The number of nitrogens with zero attached hydrogens (tertiary/aromatic N) is 3. The van der Waals surface area contributed by atoms with Crippen LogP contribution in [0.5, 0.6) is 0 Å². The van der Waals surface area contributed by atoms with Crippen LogP contribution in [0.1, 0.15) is 0 Å². The molecule has 12 rings (SSSR count). The number of benzene rings is 8. The van der Waals surface area contributed by atoms with Gasteiger partial charge < -0.3 is 8.83 Å². The lowest BCUT2D eigenvalue weighted by molar-refractivity contribution is 0.668. The van der Waals surface area contributed by atoms with Crippen molar-refractivity contribution < 1.29 is 8.83 Å². The third kappa shape index (κ3) is 5.12. The number of thiophene rings is 1. The van der Waals surface area contributed by atoms with Crippen LogP contribution in [0, 0.1) is 0 Å². The topological polar surface area (TPSA) is 65.0 Å². The Hall–Kier alpha value is -7.41. The van der Waals surface area contributed by atoms with Crippen LogP contribution in [0.3, 0.4) is 0 Å². The smallest absolute Gasteiger partial charge is 0.164 e. The molecule has 0 aliphatic heterocycles. The molecule has 57 heavy (non-hydrogen) atoms. The highest BCUT2D eigenvalue weighted by molar-refractivity contribution is 7.26. The lowest BCUT2D eigenvalue weighted by Gasteiger charge is -2.10. The lowest BCUT2D eigenvalue weighted by Crippen LogP contribution is -2.00. The highest BCUT2D eigenvalue weighted by atomic mass is 32.1. The van der Waals surface area contributed by atoms with Gasteiger partial charge in [-0.2, -0.15) is 0 Å². The van der Waals surface area contributed by atoms with E-state index in [2.05, 4.69) is 91.0 Å². The molecule has 0 unspecified atom stereocenters. The van der Waals surface area contributed by atoms with Crippen molar-refractivity contribution in [2.45, 2.75) is 0 Å². The fraction of sp³-hybridized carbons (Fsp3) is 0. The molecule has 0 aliphatic rings. The molecule has 8 aromatic carbocycles. The predicted molar refractivity (Wildman–Crippen MR) is 234 cm³/mol. The number of rotatable bonds is 5. The van der Waals surface area contributed by atoms with E-state index < -0.39 is 0 Å². The van der Waals surface area contributed by atoms with Crippen LogP contribution in [-0.2, 0) is 0 Å². The number of hydrogen-bond acceptors (Lipinski definition) is 6. The minimum absolute atomic E-state index is 0.646. The van der Waals surface area contributed by atoms with Gasteiger partial charge in [0.05, 0.1) is 0 Å². The van der Waals surface area contributed by atoms with Crippen molar-refractivity contribution in [3.05, 3.63) is 176 Å². The van der Waals surface area contributed by atoms with Crippen LogP contribution in [0.25, 0.3) is 120 Å². The zero-order chi connectivity index (χ0) is 37.5. The van der Waals surface area contributed by atoms with E-state index in [0.29, 0.717) is 17.5 Å². The number of hydrogen-bond donors (Lipinski definition) is 0. The van der Waals surface area contributed by atoms with E-state index in [1.54, 1.807) is 11.3 Å². The number of fused-ring (bicyclic) bond motifs is 9. The summed E-state index contributed by atoms with van der Waals surface area (Å²) < 4.78 is 15.5. The molecule has 0 aliphatic carbocycles. The van der Waals surface area contributed by atoms with Crippen molar-refractivity contribution in [1.82, 2.24) is 15.0 Å². The monoisotopic (exact) mass is 747 g/mol. The minimum atomic E-state index is 0.646. The van der Waals surface area contributed by atoms with Gasteiger partial charge in [-0.25, -0.2) is 15.0 Å². The van der Waals surface area contributed by atoms with Crippen LogP contribution < -0.4 is 0 Å². The minimum Gasteiger partial charge on any atom is -0.456 e. The van der Waals surface area contributed by atoms with Gasteiger partial charge in [0.1, 0.15) is 22.3 Å². The lowest BCUT2D eigenvalue weighted by atomic mass is 9.93. The Bertz CT molecular complexity index is 3470. The molecule has 0 saturated carbocycles. The Morgan fingerprint density at radius 1 is 0.333 bits per heavy atom. The van der Waals surface area contributed by atoms with Crippen molar-refractivity contribution in [2.24, 2.45) is 0 Å².